The third kappa shape index (κ3) is 2.94. The first-order chi connectivity index (χ1) is 6.38. The highest BCUT2D eigenvalue weighted by Crippen LogP contribution is 2.19. The van der Waals surface area contributed by atoms with Gasteiger partial charge < -0.3 is 5.11 Å². The average Bonchev–Trinajstić information content (AvgIpc) is 2.21. The van der Waals surface area contributed by atoms with Crippen molar-refractivity contribution < 1.29 is 5.11 Å². The van der Waals surface area contributed by atoms with Crippen molar-refractivity contribution in [2.45, 2.75) is 26.2 Å². The Morgan fingerprint density at radius 1 is 1.31 bits per heavy atom. The van der Waals surface area contributed by atoms with Crippen molar-refractivity contribution >= 4 is 5.57 Å². The average molecular weight is 176 g/mol. The Labute approximate surface area is 79.7 Å². The maximum atomic E-state index is 9.04. The Morgan fingerprint density at radius 2 is 2.00 bits per heavy atom. The van der Waals surface area contributed by atoms with Crippen LogP contribution in [0.5, 0.6) is 0 Å². The minimum absolute atomic E-state index is 0.955. The van der Waals surface area contributed by atoms with Crippen LogP contribution in [0.3, 0.4) is 0 Å². The molecule has 0 spiro atoms. The predicted molar refractivity (Wildman–Crippen MR) is 56.6 cm³/mol. The van der Waals surface area contributed by atoms with E-state index < -0.39 is 0 Å². The van der Waals surface area contributed by atoms with Gasteiger partial charge in [-0.2, -0.15) is 0 Å². The smallest absolute Gasteiger partial charge is 0.0829 e. The second-order valence-corrected chi connectivity index (χ2v) is 3.12. The van der Waals surface area contributed by atoms with Crippen LogP contribution in [0.25, 0.3) is 5.57 Å². The van der Waals surface area contributed by atoms with Gasteiger partial charge >= 0.3 is 0 Å². The van der Waals surface area contributed by atoms with Gasteiger partial charge in [-0.05, 0) is 24.0 Å². The number of hydrogen-bond donors (Lipinski definition) is 1. The Balaban J connectivity index is 2.69. The molecule has 0 saturated carbocycles. The first-order valence-electron chi connectivity index (χ1n) is 4.77. The van der Waals surface area contributed by atoms with E-state index in [-0.39, 0.29) is 0 Å². The quantitative estimate of drug-likeness (QED) is 0.692. The van der Waals surface area contributed by atoms with Crippen molar-refractivity contribution in [3.63, 3.8) is 0 Å². The lowest BCUT2D eigenvalue weighted by atomic mass is 10.0. The van der Waals surface area contributed by atoms with Gasteiger partial charge in [-0.15, -0.1) is 0 Å². The molecule has 0 unspecified atom stereocenters. The molecule has 0 aliphatic rings. The zero-order chi connectivity index (χ0) is 9.52. The standard InChI is InChI=1S/C12H16O/c1-2-3-7-12(10-13)11-8-5-4-6-9-11/h4-6,8-10,13H,2-3,7H2,1H3/b12-10-. The van der Waals surface area contributed by atoms with E-state index in [1.807, 2.05) is 30.3 Å². The second-order valence-electron chi connectivity index (χ2n) is 3.12. The molecule has 0 bridgehead atoms. The molecule has 1 rings (SSSR count). The van der Waals surface area contributed by atoms with Crippen molar-refractivity contribution in [2.75, 3.05) is 0 Å². The van der Waals surface area contributed by atoms with Gasteiger partial charge in [0.05, 0.1) is 6.26 Å². The van der Waals surface area contributed by atoms with E-state index >= 15 is 0 Å². The summed E-state index contributed by atoms with van der Waals surface area (Å²) in [5.74, 6) is 0. The zero-order valence-electron chi connectivity index (χ0n) is 8.03. The number of aliphatic hydroxyl groups excluding tert-OH is 1. The van der Waals surface area contributed by atoms with Crippen LogP contribution in [0.1, 0.15) is 31.7 Å². The normalized spacial score (nSPS) is 11.6. The van der Waals surface area contributed by atoms with E-state index in [9.17, 15) is 0 Å². The molecule has 0 heterocycles. The molecular formula is C12H16O. The van der Waals surface area contributed by atoms with Crippen LogP contribution in [0.4, 0.5) is 0 Å². The molecule has 0 radical (unpaired) electrons. The lowest BCUT2D eigenvalue weighted by Crippen LogP contribution is -1.84. The Bertz CT molecular complexity index is 262. The molecule has 0 fully saturated rings. The van der Waals surface area contributed by atoms with E-state index in [4.69, 9.17) is 5.11 Å². The molecule has 1 aromatic carbocycles. The minimum Gasteiger partial charge on any atom is -0.515 e. The van der Waals surface area contributed by atoms with Crippen molar-refractivity contribution in [3.8, 4) is 0 Å². The molecule has 13 heavy (non-hydrogen) atoms. The van der Waals surface area contributed by atoms with Crippen molar-refractivity contribution in [1.29, 1.82) is 0 Å². The minimum atomic E-state index is 0.955. The summed E-state index contributed by atoms with van der Waals surface area (Å²) < 4.78 is 0. The van der Waals surface area contributed by atoms with Crippen LogP contribution in [0, 0.1) is 0 Å². The van der Waals surface area contributed by atoms with Crippen LogP contribution >= 0.6 is 0 Å². The molecule has 0 atom stereocenters. The molecule has 1 nitrogen and oxygen atoms in total. The van der Waals surface area contributed by atoms with Gasteiger partial charge in [0.2, 0.25) is 0 Å². The Morgan fingerprint density at radius 3 is 2.54 bits per heavy atom. The topological polar surface area (TPSA) is 20.2 Å². The zero-order valence-corrected chi connectivity index (χ0v) is 8.03. The Kier molecular flexibility index (Phi) is 4.10. The van der Waals surface area contributed by atoms with Crippen molar-refractivity contribution in [1.82, 2.24) is 0 Å². The van der Waals surface area contributed by atoms with Gasteiger partial charge in [0, 0.05) is 0 Å². The van der Waals surface area contributed by atoms with Gasteiger partial charge in [0.1, 0.15) is 0 Å². The van der Waals surface area contributed by atoms with E-state index in [0.29, 0.717) is 0 Å². The lowest BCUT2D eigenvalue weighted by molar-refractivity contribution is 0.473. The molecule has 70 valence electrons. The maximum absolute atomic E-state index is 9.04. The van der Waals surface area contributed by atoms with Crippen molar-refractivity contribution in [3.05, 3.63) is 42.2 Å². The fraction of sp³-hybridized carbons (Fsp3) is 0.333. The summed E-state index contributed by atoms with van der Waals surface area (Å²) in [6, 6.07) is 10.0. The summed E-state index contributed by atoms with van der Waals surface area (Å²) in [7, 11) is 0. The second kappa shape index (κ2) is 5.41. The molecule has 0 amide bonds. The van der Waals surface area contributed by atoms with Crippen molar-refractivity contribution in [2.24, 2.45) is 0 Å². The predicted octanol–water partition coefficient (Wildman–Crippen LogP) is 3.78. The van der Waals surface area contributed by atoms with Gasteiger partial charge in [-0.1, -0.05) is 43.7 Å². The molecular weight excluding hydrogens is 160 g/mol. The van der Waals surface area contributed by atoms with Crippen LogP contribution in [0.2, 0.25) is 0 Å². The highest BCUT2D eigenvalue weighted by atomic mass is 16.2. The number of benzene rings is 1. The molecule has 0 aliphatic heterocycles. The van der Waals surface area contributed by atoms with Crippen LogP contribution < -0.4 is 0 Å². The summed E-state index contributed by atoms with van der Waals surface area (Å²) in [5.41, 5.74) is 2.15. The van der Waals surface area contributed by atoms with Crippen LogP contribution in [-0.4, -0.2) is 5.11 Å². The first-order valence-corrected chi connectivity index (χ1v) is 4.77. The van der Waals surface area contributed by atoms with E-state index in [0.717, 1.165) is 30.4 Å². The largest absolute Gasteiger partial charge is 0.515 e. The van der Waals surface area contributed by atoms with Gasteiger partial charge in [-0.25, -0.2) is 0 Å². The third-order valence-electron chi connectivity index (χ3n) is 2.10. The molecule has 1 aromatic rings. The highest BCUT2D eigenvalue weighted by Gasteiger charge is 1.99. The number of unbranched alkanes of at least 4 members (excludes halogenated alkanes) is 1. The van der Waals surface area contributed by atoms with Gasteiger partial charge in [0.15, 0.2) is 0 Å². The summed E-state index contributed by atoms with van der Waals surface area (Å²) in [5, 5.41) is 9.04. The fourth-order valence-electron chi connectivity index (χ4n) is 1.30. The third-order valence-corrected chi connectivity index (χ3v) is 2.10. The van der Waals surface area contributed by atoms with E-state index in [1.165, 1.54) is 6.26 Å². The Hall–Kier alpha value is -1.24. The van der Waals surface area contributed by atoms with Gasteiger partial charge in [-0.3, -0.25) is 0 Å². The highest BCUT2D eigenvalue weighted by molar-refractivity contribution is 5.64. The number of hydrogen-bond acceptors (Lipinski definition) is 1. The number of rotatable bonds is 4. The van der Waals surface area contributed by atoms with Crippen LogP contribution in [0.15, 0.2) is 36.6 Å². The SMILES string of the molecule is CCCC/C(=C/O)c1ccccc1. The molecule has 0 saturated heterocycles. The summed E-state index contributed by atoms with van der Waals surface area (Å²) in [6.07, 6.45) is 4.47. The fourth-order valence-corrected chi connectivity index (χ4v) is 1.30. The molecule has 1 heteroatoms. The number of allylic oxidation sites excluding steroid dienone is 1. The summed E-state index contributed by atoms with van der Waals surface area (Å²) in [6.45, 7) is 2.15. The first kappa shape index (κ1) is 9.85. The van der Waals surface area contributed by atoms with E-state index in [2.05, 4.69) is 6.92 Å². The number of aliphatic hydroxyl groups is 1. The molecule has 0 aliphatic carbocycles. The van der Waals surface area contributed by atoms with Gasteiger partial charge in [0.25, 0.3) is 0 Å². The molecule has 0 aromatic heterocycles. The van der Waals surface area contributed by atoms with Crippen LogP contribution in [-0.2, 0) is 0 Å². The maximum Gasteiger partial charge on any atom is 0.0829 e. The lowest BCUT2D eigenvalue weighted by Gasteiger charge is -2.04. The molecule has 1 N–H and O–H groups in total. The van der Waals surface area contributed by atoms with E-state index in [1.54, 1.807) is 0 Å². The summed E-state index contributed by atoms with van der Waals surface area (Å²) >= 11 is 0. The summed E-state index contributed by atoms with van der Waals surface area (Å²) in [4.78, 5) is 0. The monoisotopic (exact) mass is 176 g/mol.